The molecule has 1 saturated heterocycles. The molecule has 1 aromatic rings. The molecule has 2 unspecified atom stereocenters. The minimum atomic E-state index is -0.0150. The molecule has 1 heterocycles. The number of benzene rings is 1. The van der Waals surface area contributed by atoms with Crippen molar-refractivity contribution < 1.29 is 9.53 Å². The third-order valence-electron chi connectivity index (χ3n) is 3.72. The number of carbonyl (C=O) groups is 1. The van der Waals surface area contributed by atoms with Gasteiger partial charge >= 0.3 is 0 Å². The van der Waals surface area contributed by atoms with E-state index in [2.05, 4.69) is 24.5 Å². The summed E-state index contributed by atoms with van der Waals surface area (Å²) in [5.41, 5.74) is 1.88. The number of rotatable bonds is 4. The fourth-order valence-electron chi connectivity index (χ4n) is 2.73. The van der Waals surface area contributed by atoms with Crippen molar-refractivity contribution in [2.45, 2.75) is 58.8 Å². The van der Waals surface area contributed by atoms with Crippen LogP contribution in [0.2, 0.25) is 0 Å². The summed E-state index contributed by atoms with van der Waals surface area (Å²) < 4.78 is 5.76. The van der Waals surface area contributed by atoms with Gasteiger partial charge in [-0.25, -0.2) is 0 Å². The van der Waals surface area contributed by atoms with E-state index in [1.165, 1.54) is 0 Å². The Balaban J connectivity index is 1.99. The molecule has 0 saturated carbocycles. The number of ether oxygens (including phenoxy) is 1. The summed E-state index contributed by atoms with van der Waals surface area (Å²) in [7, 11) is 0. The zero-order chi connectivity index (χ0) is 15.4. The van der Waals surface area contributed by atoms with Gasteiger partial charge in [0.1, 0.15) is 0 Å². The van der Waals surface area contributed by atoms with Gasteiger partial charge in [0.05, 0.1) is 12.2 Å². The first-order chi connectivity index (χ1) is 9.94. The summed E-state index contributed by atoms with van der Waals surface area (Å²) in [5.74, 6) is 0.0271. The maximum Gasteiger partial charge on any atom is 0.226 e. The Morgan fingerprint density at radius 1 is 1.19 bits per heavy atom. The summed E-state index contributed by atoms with van der Waals surface area (Å²) in [5, 5.41) is 6.49. The average molecular weight is 290 g/mol. The number of anilines is 2. The number of amides is 1. The van der Waals surface area contributed by atoms with Crippen molar-refractivity contribution in [1.82, 2.24) is 0 Å². The summed E-state index contributed by atoms with van der Waals surface area (Å²) in [6, 6.07) is 8.33. The SMILES string of the molecule is CC1CC(Nc2cccc(NC(=O)C(C)C)c2)CC(C)O1. The maximum absolute atomic E-state index is 11.8. The van der Waals surface area contributed by atoms with E-state index in [-0.39, 0.29) is 24.0 Å². The molecule has 1 aliphatic rings. The summed E-state index contributed by atoms with van der Waals surface area (Å²) in [6.07, 6.45) is 2.59. The van der Waals surface area contributed by atoms with Crippen LogP contribution in [0.5, 0.6) is 0 Å². The van der Waals surface area contributed by atoms with Gasteiger partial charge in [-0.05, 0) is 44.9 Å². The normalized spacial score (nSPS) is 25.7. The predicted octanol–water partition coefficient (Wildman–Crippen LogP) is 3.65. The molecule has 4 heteroatoms. The van der Waals surface area contributed by atoms with E-state index in [1.807, 2.05) is 38.1 Å². The molecule has 4 nitrogen and oxygen atoms in total. The van der Waals surface area contributed by atoms with Gasteiger partial charge in [0.25, 0.3) is 0 Å². The monoisotopic (exact) mass is 290 g/mol. The van der Waals surface area contributed by atoms with E-state index in [4.69, 9.17) is 4.74 Å². The van der Waals surface area contributed by atoms with Crippen LogP contribution in [0.15, 0.2) is 24.3 Å². The van der Waals surface area contributed by atoms with E-state index in [1.54, 1.807) is 0 Å². The minimum Gasteiger partial charge on any atom is -0.382 e. The third kappa shape index (κ3) is 4.74. The van der Waals surface area contributed by atoms with Crippen LogP contribution in [-0.4, -0.2) is 24.2 Å². The molecule has 116 valence electrons. The average Bonchev–Trinajstić information content (AvgIpc) is 2.37. The predicted molar refractivity (Wildman–Crippen MR) is 86.6 cm³/mol. The Morgan fingerprint density at radius 2 is 1.81 bits per heavy atom. The molecule has 1 amide bonds. The van der Waals surface area contributed by atoms with Crippen molar-refractivity contribution in [2.75, 3.05) is 10.6 Å². The summed E-state index contributed by atoms with van der Waals surface area (Å²) in [4.78, 5) is 11.8. The first-order valence-electron chi connectivity index (χ1n) is 7.77. The fourth-order valence-corrected chi connectivity index (χ4v) is 2.73. The van der Waals surface area contributed by atoms with Gasteiger partial charge < -0.3 is 15.4 Å². The minimum absolute atomic E-state index is 0.0150. The highest BCUT2D eigenvalue weighted by Gasteiger charge is 2.24. The van der Waals surface area contributed by atoms with Gasteiger partial charge in [0, 0.05) is 23.3 Å². The smallest absolute Gasteiger partial charge is 0.226 e. The Kier molecular flexibility index (Phi) is 5.23. The lowest BCUT2D eigenvalue weighted by Gasteiger charge is -2.33. The summed E-state index contributed by atoms with van der Waals surface area (Å²) in [6.45, 7) is 8.01. The number of hydrogen-bond donors (Lipinski definition) is 2. The van der Waals surface area contributed by atoms with Gasteiger partial charge in [0.15, 0.2) is 0 Å². The lowest BCUT2D eigenvalue weighted by Crippen LogP contribution is -2.36. The highest BCUT2D eigenvalue weighted by molar-refractivity contribution is 5.92. The number of nitrogens with one attached hydrogen (secondary N) is 2. The van der Waals surface area contributed by atoms with Gasteiger partial charge in [-0.1, -0.05) is 19.9 Å². The van der Waals surface area contributed by atoms with Crippen LogP contribution in [0.3, 0.4) is 0 Å². The molecule has 0 spiro atoms. The standard InChI is InChI=1S/C17H26N2O2/c1-11(2)17(20)19-15-7-5-6-14(10-15)18-16-8-12(3)21-13(4)9-16/h5-7,10-13,16,18H,8-9H2,1-4H3,(H,19,20). The molecule has 1 aliphatic heterocycles. The largest absolute Gasteiger partial charge is 0.382 e. The zero-order valence-electron chi connectivity index (χ0n) is 13.3. The van der Waals surface area contributed by atoms with Crippen molar-refractivity contribution >= 4 is 17.3 Å². The first kappa shape index (κ1) is 15.8. The molecule has 2 N–H and O–H groups in total. The molecule has 0 radical (unpaired) electrons. The van der Waals surface area contributed by atoms with Crippen LogP contribution < -0.4 is 10.6 Å². The van der Waals surface area contributed by atoms with Crippen LogP contribution in [-0.2, 0) is 9.53 Å². The van der Waals surface area contributed by atoms with Gasteiger partial charge in [-0.15, -0.1) is 0 Å². The molecule has 21 heavy (non-hydrogen) atoms. The molecular formula is C17H26N2O2. The fraction of sp³-hybridized carbons (Fsp3) is 0.588. The van der Waals surface area contributed by atoms with Crippen LogP contribution in [0.25, 0.3) is 0 Å². The molecule has 0 bridgehead atoms. The summed E-state index contributed by atoms with van der Waals surface area (Å²) >= 11 is 0. The highest BCUT2D eigenvalue weighted by Crippen LogP contribution is 2.24. The van der Waals surface area contributed by atoms with Crippen molar-refractivity contribution in [3.05, 3.63) is 24.3 Å². The van der Waals surface area contributed by atoms with Gasteiger partial charge in [-0.3, -0.25) is 4.79 Å². The molecule has 2 rings (SSSR count). The van der Waals surface area contributed by atoms with E-state index in [0.29, 0.717) is 6.04 Å². The Morgan fingerprint density at radius 3 is 2.43 bits per heavy atom. The Bertz CT molecular complexity index is 477. The lowest BCUT2D eigenvalue weighted by atomic mass is 9.99. The van der Waals surface area contributed by atoms with Crippen molar-refractivity contribution in [2.24, 2.45) is 5.92 Å². The number of carbonyl (C=O) groups excluding carboxylic acids is 1. The van der Waals surface area contributed by atoms with E-state index >= 15 is 0 Å². The van der Waals surface area contributed by atoms with Gasteiger partial charge in [-0.2, -0.15) is 0 Å². The van der Waals surface area contributed by atoms with Crippen LogP contribution in [0.1, 0.15) is 40.5 Å². The van der Waals surface area contributed by atoms with Crippen LogP contribution in [0, 0.1) is 5.92 Å². The van der Waals surface area contributed by atoms with Crippen molar-refractivity contribution in [1.29, 1.82) is 0 Å². The third-order valence-corrected chi connectivity index (χ3v) is 3.72. The topological polar surface area (TPSA) is 50.4 Å². The van der Waals surface area contributed by atoms with E-state index < -0.39 is 0 Å². The second kappa shape index (κ2) is 6.94. The lowest BCUT2D eigenvalue weighted by molar-refractivity contribution is -0.118. The Hall–Kier alpha value is -1.55. The Labute approximate surface area is 127 Å². The van der Waals surface area contributed by atoms with E-state index in [0.717, 1.165) is 24.2 Å². The van der Waals surface area contributed by atoms with Gasteiger partial charge in [0.2, 0.25) is 5.91 Å². The molecule has 1 aromatic carbocycles. The molecule has 0 aromatic heterocycles. The zero-order valence-corrected chi connectivity index (χ0v) is 13.3. The molecule has 0 aliphatic carbocycles. The van der Waals surface area contributed by atoms with Crippen molar-refractivity contribution in [3.8, 4) is 0 Å². The molecular weight excluding hydrogens is 264 g/mol. The quantitative estimate of drug-likeness (QED) is 0.890. The molecule has 1 fully saturated rings. The second-order valence-electron chi connectivity index (χ2n) is 6.29. The maximum atomic E-state index is 11.8. The number of hydrogen-bond acceptors (Lipinski definition) is 3. The first-order valence-corrected chi connectivity index (χ1v) is 7.77. The van der Waals surface area contributed by atoms with Crippen molar-refractivity contribution in [3.63, 3.8) is 0 Å². The van der Waals surface area contributed by atoms with Crippen LogP contribution >= 0.6 is 0 Å². The molecule has 2 atom stereocenters. The van der Waals surface area contributed by atoms with Crippen LogP contribution in [0.4, 0.5) is 11.4 Å². The highest BCUT2D eigenvalue weighted by atomic mass is 16.5. The van der Waals surface area contributed by atoms with E-state index in [9.17, 15) is 4.79 Å². The second-order valence-corrected chi connectivity index (χ2v) is 6.29.